The summed E-state index contributed by atoms with van der Waals surface area (Å²) in [6.45, 7) is 0. The van der Waals surface area contributed by atoms with Gasteiger partial charge in [-0.3, -0.25) is 4.98 Å². The predicted octanol–water partition coefficient (Wildman–Crippen LogP) is 1.91. The van der Waals surface area contributed by atoms with E-state index in [1.807, 2.05) is 6.07 Å². The van der Waals surface area contributed by atoms with Crippen LogP contribution in [0.5, 0.6) is 11.5 Å². The summed E-state index contributed by atoms with van der Waals surface area (Å²) in [4.78, 5) is 4.12. The smallest absolute Gasteiger partial charge is 0.128 e. The lowest BCUT2D eigenvalue weighted by Gasteiger charge is -2.07. The Morgan fingerprint density at radius 1 is 1.17 bits per heavy atom. The molecule has 1 aromatic heterocycles. The zero-order valence-electron chi connectivity index (χ0n) is 9.48. The maximum atomic E-state index is 9.70. The monoisotopic (exact) mass is 244 g/mol. The van der Waals surface area contributed by atoms with Crippen molar-refractivity contribution in [1.29, 1.82) is 0 Å². The highest BCUT2D eigenvalue weighted by Gasteiger charge is 2.11. The number of oxime groups is 1. The quantitative estimate of drug-likeness (QED) is 0.437. The van der Waals surface area contributed by atoms with Crippen molar-refractivity contribution in [3.63, 3.8) is 0 Å². The predicted molar refractivity (Wildman–Crippen MR) is 66.0 cm³/mol. The summed E-state index contributed by atoms with van der Waals surface area (Å²) in [5.74, 6) is -0.190. The van der Waals surface area contributed by atoms with Gasteiger partial charge in [-0.2, -0.15) is 0 Å². The van der Waals surface area contributed by atoms with E-state index < -0.39 is 0 Å². The van der Waals surface area contributed by atoms with Crippen LogP contribution in [0.25, 0.3) is 0 Å². The molecule has 3 N–H and O–H groups in total. The van der Waals surface area contributed by atoms with Gasteiger partial charge in [0.1, 0.15) is 11.5 Å². The lowest BCUT2D eigenvalue weighted by atomic mass is 10.0. The minimum absolute atomic E-state index is 0.0497. The lowest BCUT2D eigenvalue weighted by Crippen LogP contribution is -2.07. The van der Waals surface area contributed by atoms with E-state index in [0.29, 0.717) is 5.56 Å². The molecular weight excluding hydrogens is 232 g/mol. The third-order valence-corrected chi connectivity index (χ3v) is 2.49. The molecule has 2 rings (SSSR count). The minimum atomic E-state index is -0.140. The first kappa shape index (κ1) is 11.9. The van der Waals surface area contributed by atoms with Gasteiger partial charge in [-0.15, -0.1) is 0 Å². The number of pyridine rings is 1. The molecule has 2 aromatic rings. The zero-order valence-corrected chi connectivity index (χ0v) is 9.48. The molecule has 0 atom stereocenters. The minimum Gasteiger partial charge on any atom is -0.508 e. The number of aromatic hydroxyl groups is 2. The fourth-order valence-electron chi connectivity index (χ4n) is 1.62. The molecule has 0 saturated carbocycles. The maximum Gasteiger partial charge on any atom is 0.128 e. The number of rotatable bonds is 3. The van der Waals surface area contributed by atoms with E-state index in [1.165, 1.54) is 18.2 Å². The van der Waals surface area contributed by atoms with Crippen molar-refractivity contribution in [2.24, 2.45) is 5.16 Å². The van der Waals surface area contributed by atoms with Crippen LogP contribution >= 0.6 is 0 Å². The second kappa shape index (κ2) is 5.18. The van der Waals surface area contributed by atoms with Gasteiger partial charge in [0.15, 0.2) is 0 Å². The molecule has 0 aliphatic rings. The first-order valence-corrected chi connectivity index (χ1v) is 5.34. The molecular formula is C13H12N2O3. The molecule has 0 unspecified atom stereocenters. The van der Waals surface area contributed by atoms with E-state index >= 15 is 0 Å². The normalized spacial score (nSPS) is 11.4. The summed E-state index contributed by atoms with van der Waals surface area (Å²) < 4.78 is 0. The molecule has 5 nitrogen and oxygen atoms in total. The van der Waals surface area contributed by atoms with Crippen molar-refractivity contribution >= 4 is 5.71 Å². The largest absolute Gasteiger partial charge is 0.508 e. The van der Waals surface area contributed by atoms with Crippen molar-refractivity contribution in [1.82, 2.24) is 4.98 Å². The Hall–Kier alpha value is -2.56. The summed E-state index contributed by atoms with van der Waals surface area (Å²) >= 11 is 0. The fraction of sp³-hybridized carbons (Fsp3) is 0.0769. The van der Waals surface area contributed by atoms with Gasteiger partial charge in [0.05, 0.1) is 5.71 Å². The Labute approximate surface area is 104 Å². The van der Waals surface area contributed by atoms with Crippen molar-refractivity contribution < 1.29 is 15.4 Å². The average Bonchev–Trinajstić information content (AvgIpc) is 2.38. The highest BCUT2D eigenvalue weighted by molar-refractivity contribution is 6.03. The molecule has 0 spiro atoms. The first-order valence-electron chi connectivity index (χ1n) is 5.34. The highest BCUT2D eigenvalue weighted by atomic mass is 16.4. The number of nitrogens with zero attached hydrogens (tertiary/aromatic N) is 2. The number of phenols is 2. The second-order valence-corrected chi connectivity index (χ2v) is 3.75. The van der Waals surface area contributed by atoms with Gasteiger partial charge in [-0.25, -0.2) is 0 Å². The van der Waals surface area contributed by atoms with Crippen LogP contribution in [0.15, 0.2) is 47.8 Å². The van der Waals surface area contributed by atoms with Crippen molar-refractivity contribution in [3.8, 4) is 11.5 Å². The van der Waals surface area contributed by atoms with E-state index in [1.54, 1.807) is 18.3 Å². The van der Waals surface area contributed by atoms with Gasteiger partial charge < -0.3 is 15.4 Å². The fourth-order valence-corrected chi connectivity index (χ4v) is 1.62. The van der Waals surface area contributed by atoms with E-state index in [2.05, 4.69) is 10.1 Å². The molecule has 5 heteroatoms. The number of phenolic OH excluding ortho intramolecular Hbond substituents is 2. The van der Waals surface area contributed by atoms with Crippen LogP contribution in [-0.2, 0) is 6.42 Å². The van der Waals surface area contributed by atoms with E-state index in [9.17, 15) is 10.2 Å². The highest BCUT2D eigenvalue weighted by Crippen LogP contribution is 2.24. The third-order valence-electron chi connectivity index (χ3n) is 2.49. The summed E-state index contributed by atoms with van der Waals surface area (Å²) in [6, 6.07) is 9.51. The number of benzene rings is 1. The van der Waals surface area contributed by atoms with Crippen LogP contribution in [0.3, 0.4) is 0 Å². The van der Waals surface area contributed by atoms with Crippen molar-refractivity contribution in [2.75, 3.05) is 0 Å². The van der Waals surface area contributed by atoms with Gasteiger partial charge in [0.2, 0.25) is 0 Å². The van der Waals surface area contributed by atoms with Crippen LogP contribution in [-0.4, -0.2) is 26.1 Å². The molecule has 0 saturated heterocycles. The molecule has 0 fully saturated rings. The van der Waals surface area contributed by atoms with E-state index in [0.717, 1.165) is 5.69 Å². The summed E-state index contributed by atoms with van der Waals surface area (Å²) in [5, 5.41) is 31.1. The van der Waals surface area contributed by atoms with Crippen LogP contribution in [0.2, 0.25) is 0 Å². The molecule has 0 amide bonds. The molecule has 0 bridgehead atoms. The van der Waals surface area contributed by atoms with Crippen LogP contribution in [0.1, 0.15) is 11.3 Å². The van der Waals surface area contributed by atoms with Crippen LogP contribution in [0, 0.1) is 0 Å². The zero-order chi connectivity index (χ0) is 13.0. The van der Waals surface area contributed by atoms with Crippen molar-refractivity contribution in [2.45, 2.75) is 6.42 Å². The van der Waals surface area contributed by atoms with Gasteiger partial charge in [-0.05, 0) is 24.3 Å². The second-order valence-electron chi connectivity index (χ2n) is 3.75. The standard InChI is InChI=1S/C13H12N2O3/c16-10-4-5-11(13(17)8-10)12(15-18)7-9-3-1-2-6-14-9/h1-6,8,16-18H,7H2/b15-12-. The molecule has 1 aromatic carbocycles. The van der Waals surface area contributed by atoms with Crippen LogP contribution in [0.4, 0.5) is 0 Å². The average molecular weight is 244 g/mol. The summed E-state index contributed by atoms with van der Waals surface area (Å²) in [5.41, 5.74) is 1.37. The Bertz CT molecular complexity index is 568. The molecule has 0 aliphatic carbocycles. The van der Waals surface area contributed by atoms with Gasteiger partial charge in [-0.1, -0.05) is 11.2 Å². The Balaban J connectivity index is 2.30. The molecule has 18 heavy (non-hydrogen) atoms. The Morgan fingerprint density at radius 3 is 2.61 bits per heavy atom. The summed E-state index contributed by atoms with van der Waals surface area (Å²) in [7, 11) is 0. The lowest BCUT2D eigenvalue weighted by molar-refractivity contribution is 0.318. The summed E-state index contributed by atoms with van der Waals surface area (Å²) in [6.07, 6.45) is 1.93. The first-order chi connectivity index (χ1) is 8.70. The van der Waals surface area contributed by atoms with Gasteiger partial charge in [0.25, 0.3) is 0 Å². The van der Waals surface area contributed by atoms with Gasteiger partial charge in [0, 0.05) is 29.9 Å². The maximum absolute atomic E-state index is 9.70. The van der Waals surface area contributed by atoms with Gasteiger partial charge >= 0.3 is 0 Å². The third kappa shape index (κ3) is 2.57. The van der Waals surface area contributed by atoms with E-state index in [4.69, 9.17) is 5.21 Å². The Morgan fingerprint density at radius 2 is 2.00 bits per heavy atom. The number of hydrogen-bond acceptors (Lipinski definition) is 5. The van der Waals surface area contributed by atoms with Crippen molar-refractivity contribution in [3.05, 3.63) is 53.9 Å². The van der Waals surface area contributed by atoms with Crippen LogP contribution < -0.4 is 0 Å². The molecule has 92 valence electrons. The number of aromatic nitrogens is 1. The molecule has 0 aliphatic heterocycles. The SMILES string of the molecule is O/N=C(/Cc1ccccn1)c1ccc(O)cc1O. The number of hydrogen-bond donors (Lipinski definition) is 3. The molecule has 1 heterocycles. The topological polar surface area (TPSA) is 85.9 Å². The Kier molecular flexibility index (Phi) is 3.43. The van der Waals surface area contributed by atoms with E-state index in [-0.39, 0.29) is 23.6 Å². The molecule has 0 radical (unpaired) electrons.